The molecule has 0 radical (unpaired) electrons. The Morgan fingerprint density at radius 1 is 1.15 bits per heavy atom. The van der Waals surface area contributed by atoms with Crippen LogP contribution in [-0.4, -0.2) is 87.5 Å². The van der Waals surface area contributed by atoms with E-state index in [9.17, 15) is 27.5 Å². The molecular formula is C29H41FN2O7S. The number of sulfone groups is 1. The van der Waals surface area contributed by atoms with Crippen LogP contribution in [0.1, 0.15) is 45.6 Å². The minimum Gasteiger partial charge on any atom is -0.457 e. The van der Waals surface area contributed by atoms with E-state index in [-0.39, 0.29) is 42.9 Å². The molecule has 0 saturated carbocycles. The molecule has 9 nitrogen and oxygen atoms in total. The van der Waals surface area contributed by atoms with Crippen LogP contribution in [0.2, 0.25) is 0 Å². The smallest absolute Gasteiger partial charge is 0.409 e. The van der Waals surface area contributed by atoms with Crippen LogP contribution < -0.4 is 4.90 Å². The minimum atomic E-state index is -3.08. The summed E-state index contributed by atoms with van der Waals surface area (Å²) in [6.07, 6.45) is 3.47. The number of rotatable bonds is 4. The van der Waals surface area contributed by atoms with Gasteiger partial charge < -0.3 is 24.4 Å². The number of halogens is 1. The van der Waals surface area contributed by atoms with Gasteiger partial charge in [-0.25, -0.2) is 17.6 Å². The number of carbonyl (C=O) groups excluding carboxylic acids is 2. The number of aliphatic hydroxyl groups excluding tert-OH is 1. The van der Waals surface area contributed by atoms with Crippen LogP contribution >= 0.6 is 0 Å². The first kappa shape index (κ1) is 31.6. The van der Waals surface area contributed by atoms with Gasteiger partial charge >= 0.3 is 12.1 Å². The fraction of sp³-hybridized carbons (Fsp3) is 0.586. The molecule has 2 aliphatic heterocycles. The molecule has 1 amide bonds. The molecule has 0 spiro atoms. The van der Waals surface area contributed by atoms with Gasteiger partial charge in [-0.3, -0.25) is 4.79 Å². The molecule has 0 aliphatic carbocycles. The van der Waals surface area contributed by atoms with Gasteiger partial charge in [-0.2, -0.15) is 0 Å². The summed E-state index contributed by atoms with van der Waals surface area (Å²) in [5.74, 6) is -1.39. The van der Waals surface area contributed by atoms with Gasteiger partial charge in [0.25, 0.3) is 0 Å². The van der Waals surface area contributed by atoms with Crippen LogP contribution in [0.4, 0.5) is 14.9 Å². The average molecular weight is 581 g/mol. The highest BCUT2D eigenvalue weighted by atomic mass is 32.2. The van der Waals surface area contributed by atoms with Gasteiger partial charge in [0, 0.05) is 38.8 Å². The van der Waals surface area contributed by atoms with Crippen molar-refractivity contribution < 1.29 is 37.0 Å². The average Bonchev–Trinajstić information content (AvgIpc) is 2.86. The molecule has 2 heterocycles. The van der Waals surface area contributed by atoms with Gasteiger partial charge in [0.15, 0.2) is 9.84 Å². The van der Waals surface area contributed by atoms with E-state index in [1.807, 2.05) is 24.8 Å². The number of hydrogen-bond acceptors (Lipinski definition) is 8. The third kappa shape index (κ3) is 9.05. The number of carbonyl (C=O) groups is 2. The highest BCUT2D eigenvalue weighted by Crippen LogP contribution is 2.27. The molecular weight excluding hydrogens is 539 g/mol. The van der Waals surface area contributed by atoms with Gasteiger partial charge in [-0.15, -0.1) is 0 Å². The van der Waals surface area contributed by atoms with E-state index >= 15 is 0 Å². The first-order valence-corrected chi connectivity index (χ1v) is 15.4. The summed E-state index contributed by atoms with van der Waals surface area (Å²) < 4.78 is 49.7. The number of anilines is 1. The van der Waals surface area contributed by atoms with E-state index in [0.717, 1.165) is 0 Å². The second kappa shape index (κ2) is 13.6. The predicted octanol–water partition coefficient (Wildman–Crippen LogP) is 3.82. The lowest BCUT2D eigenvalue weighted by Gasteiger charge is -2.29. The van der Waals surface area contributed by atoms with Gasteiger partial charge in [0.05, 0.1) is 24.0 Å². The zero-order valence-corrected chi connectivity index (χ0v) is 24.7. The number of benzene rings is 1. The topological polar surface area (TPSA) is 113 Å². The third-order valence-electron chi connectivity index (χ3n) is 7.32. The largest absolute Gasteiger partial charge is 0.457 e. The summed E-state index contributed by atoms with van der Waals surface area (Å²) in [5, 5.41) is 10.4. The number of amides is 1. The Bertz CT molecular complexity index is 1220. The van der Waals surface area contributed by atoms with Gasteiger partial charge in [-0.1, -0.05) is 26.0 Å². The lowest BCUT2D eigenvalue weighted by Crippen LogP contribution is -2.40. The molecule has 2 aliphatic rings. The molecule has 0 unspecified atom stereocenters. The highest BCUT2D eigenvalue weighted by molar-refractivity contribution is 7.91. The molecule has 1 aromatic rings. The standard InChI is InChI=1S/C29H41FN2O7S/c1-19-6-8-25(33)18-27(34)39-28(20(2)7-9-26(19)38-29(35)31(4)5)21(3)14-22-15-23(30)17-24(16-22)32-10-12-40(36,37)13-11-32/h7,9,14-17,19-20,25-26,28,33H,6,8,10-13,18H2,1-5H3/b9-7+,21-14+/t19-,20-,25+,26+,28-/m0/s1. The number of esters is 1. The Labute approximate surface area is 236 Å². The predicted molar refractivity (Wildman–Crippen MR) is 152 cm³/mol. The molecule has 11 heteroatoms. The molecule has 1 aromatic carbocycles. The van der Waals surface area contributed by atoms with Crippen LogP contribution in [0, 0.1) is 17.7 Å². The zero-order valence-electron chi connectivity index (χ0n) is 23.9. The quantitative estimate of drug-likeness (QED) is 0.423. The van der Waals surface area contributed by atoms with Crippen molar-refractivity contribution in [3.63, 3.8) is 0 Å². The van der Waals surface area contributed by atoms with Crippen molar-refractivity contribution in [1.82, 2.24) is 4.90 Å². The second-order valence-corrected chi connectivity index (χ2v) is 13.4. The van der Waals surface area contributed by atoms with Gasteiger partial charge in [-0.05, 0) is 61.1 Å². The molecule has 1 fully saturated rings. The summed E-state index contributed by atoms with van der Waals surface area (Å²) in [7, 11) is 0.130. The molecule has 1 saturated heterocycles. The van der Waals surface area contributed by atoms with E-state index in [1.54, 1.807) is 39.2 Å². The number of hydrogen-bond donors (Lipinski definition) is 1. The van der Waals surface area contributed by atoms with Gasteiger partial charge in [0.2, 0.25) is 0 Å². The number of nitrogens with zero attached hydrogens (tertiary/aromatic N) is 2. The fourth-order valence-electron chi connectivity index (χ4n) is 4.85. The third-order valence-corrected chi connectivity index (χ3v) is 8.93. The molecule has 1 N–H and O–H groups in total. The molecule has 5 atom stereocenters. The van der Waals surface area contributed by atoms with E-state index in [1.165, 1.54) is 17.0 Å². The number of ether oxygens (including phenoxy) is 2. The summed E-state index contributed by atoms with van der Waals surface area (Å²) >= 11 is 0. The summed E-state index contributed by atoms with van der Waals surface area (Å²) in [6, 6.07) is 4.53. The van der Waals surface area contributed by atoms with Crippen LogP contribution in [0.15, 0.2) is 35.9 Å². The second-order valence-electron chi connectivity index (χ2n) is 11.1. The van der Waals surface area contributed by atoms with Crippen LogP contribution in [0.25, 0.3) is 6.08 Å². The molecule has 40 heavy (non-hydrogen) atoms. The number of aliphatic hydroxyl groups is 1. The molecule has 0 aromatic heterocycles. The van der Waals surface area contributed by atoms with Crippen LogP contribution in [0.3, 0.4) is 0 Å². The Kier molecular flexibility index (Phi) is 10.8. The van der Waals surface area contributed by atoms with Crippen molar-refractivity contribution in [1.29, 1.82) is 0 Å². The van der Waals surface area contributed by atoms with Crippen molar-refractivity contribution in [2.24, 2.45) is 11.8 Å². The lowest BCUT2D eigenvalue weighted by atomic mass is 9.91. The zero-order chi connectivity index (χ0) is 29.6. The molecule has 222 valence electrons. The normalized spacial score (nSPS) is 29.0. The van der Waals surface area contributed by atoms with Crippen molar-refractivity contribution in [2.75, 3.05) is 43.6 Å². The van der Waals surface area contributed by atoms with E-state index < -0.39 is 46.0 Å². The Morgan fingerprint density at radius 2 is 1.82 bits per heavy atom. The Hall–Kier alpha value is -2.92. The maximum Gasteiger partial charge on any atom is 0.409 e. The number of cyclic esters (lactones) is 1. The summed E-state index contributed by atoms with van der Waals surface area (Å²) in [5.41, 5.74) is 1.79. The monoisotopic (exact) mass is 580 g/mol. The fourth-order valence-corrected chi connectivity index (χ4v) is 6.05. The first-order chi connectivity index (χ1) is 18.7. The highest BCUT2D eigenvalue weighted by Gasteiger charge is 2.28. The Balaban J connectivity index is 1.90. The lowest BCUT2D eigenvalue weighted by molar-refractivity contribution is -0.151. The van der Waals surface area contributed by atoms with Crippen LogP contribution in [-0.2, 0) is 24.1 Å². The van der Waals surface area contributed by atoms with Crippen molar-refractivity contribution in [3.05, 3.63) is 47.3 Å². The van der Waals surface area contributed by atoms with E-state index in [4.69, 9.17) is 9.47 Å². The molecule has 3 rings (SSSR count). The molecule has 0 bridgehead atoms. The SMILES string of the molecule is C/C(=C\c1cc(F)cc(N2CCS(=O)(=O)CC2)c1)[C@H]1OC(=O)C[C@H](O)CC[C@H](C)[C@H](OC(=O)N(C)C)/C=C/[C@@H]1C. The Morgan fingerprint density at radius 3 is 2.48 bits per heavy atom. The van der Waals surface area contributed by atoms with Gasteiger partial charge in [0.1, 0.15) is 18.0 Å². The first-order valence-electron chi connectivity index (χ1n) is 13.6. The summed E-state index contributed by atoms with van der Waals surface area (Å²) in [4.78, 5) is 28.2. The maximum absolute atomic E-state index is 14.6. The minimum absolute atomic E-state index is 0.0188. The van der Waals surface area contributed by atoms with Crippen molar-refractivity contribution in [2.45, 2.75) is 58.3 Å². The van der Waals surface area contributed by atoms with E-state index in [0.29, 0.717) is 29.7 Å². The maximum atomic E-state index is 14.6. The van der Waals surface area contributed by atoms with Crippen molar-refractivity contribution in [3.8, 4) is 0 Å². The summed E-state index contributed by atoms with van der Waals surface area (Å²) in [6.45, 7) is 6.16. The van der Waals surface area contributed by atoms with Crippen molar-refractivity contribution >= 4 is 33.7 Å². The van der Waals surface area contributed by atoms with Crippen LogP contribution in [0.5, 0.6) is 0 Å². The van der Waals surface area contributed by atoms with E-state index in [2.05, 4.69) is 0 Å².